The van der Waals surface area contributed by atoms with Gasteiger partial charge in [0.1, 0.15) is 0 Å². The second-order valence-electron chi connectivity index (χ2n) is 5.06. The number of hydrogen-bond donors (Lipinski definition) is 1. The molecule has 0 amide bonds. The van der Waals surface area contributed by atoms with E-state index in [1.54, 1.807) is 24.3 Å². The normalized spacial score (nSPS) is 10.7. The molecule has 0 saturated carbocycles. The van der Waals surface area contributed by atoms with Crippen LogP contribution in [0.4, 0.5) is 11.6 Å². The number of rotatable bonds is 3. The van der Waals surface area contributed by atoms with Crippen LogP contribution in [0.5, 0.6) is 0 Å². The summed E-state index contributed by atoms with van der Waals surface area (Å²) < 4.78 is 0.887. The molecular weight excluding hydrogens is 385 g/mol. The number of aromatic nitrogens is 2. The summed E-state index contributed by atoms with van der Waals surface area (Å²) in [4.78, 5) is 29.2. The fourth-order valence-corrected chi connectivity index (χ4v) is 2.99. The van der Waals surface area contributed by atoms with Crippen molar-refractivity contribution in [1.29, 1.82) is 0 Å². The monoisotopic (exact) mass is 393 g/mol. The minimum atomic E-state index is -0.620. The first kappa shape index (κ1) is 17.5. The fourth-order valence-electron chi connectivity index (χ4n) is 2.29. The highest BCUT2D eigenvalue weighted by Crippen LogP contribution is 2.25. The number of nitrogens with one attached hydrogen (secondary N) is 1. The van der Waals surface area contributed by atoms with Crippen LogP contribution < -0.4 is 10.9 Å². The molecule has 0 saturated heterocycles. The summed E-state index contributed by atoms with van der Waals surface area (Å²) in [6.07, 6.45) is 1.03. The van der Waals surface area contributed by atoms with Crippen molar-refractivity contribution in [3.8, 4) is 0 Å². The van der Waals surface area contributed by atoms with E-state index in [0.29, 0.717) is 26.3 Å². The zero-order chi connectivity index (χ0) is 18.1. The Labute approximate surface area is 157 Å². The van der Waals surface area contributed by atoms with E-state index in [2.05, 4.69) is 16.9 Å². The molecule has 0 atom stereocenters. The van der Waals surface area contributed by atoms with Crippen molar-refractivity contribution in [2.45, 2.75) is 0 Å². The molecule has 5 nitrogen and oxygen atoms in total. The van der Waals surface area contributed by atoms with Gasteiger partial charge < -0.3 is 5.32 Å². The summed E-state index contributed by atoms with van der Waals surface area (Å²) in [7, 11) is 0. The second-order valence-corrected chi connectivity index (χ2v) is 6.37. The number of fused-ring (bicyclic) bond motifs is 1. The molecule has 0 fully saturated rings. The van der Waals surface area contributed by atoms with Gasteiger partial charge in [0.05, 0.1) is 10.9 Å². The quantitative estimate of drug-likeness (QED) is 0.640. The van der Waals surface area contributed by atoms with Gasteiger partial charge in [-0.25, -0.2) is 9.55 Å². The Kier molecular flexibility index (Phi) is 4.81. The van der Waals surface area contributed by atoms with E-state index in [1.807, 2.05) is 0 Å². The molecule has 0 unspecified atom stereocenters. The van der Waals surface area contributed by atoms with Crippen LogP contribution in [0.1, 0.15) is 4.79 Å². The van der Waals surface area contributed by atoms with E-state index in [0.717, 1.165) is 10.6 Å². The van der Waals surface area contributed by atoms with Crippen molar-refractivity contribution in [3.05, 3.63) is 74.5 Å². The Bertz CT molecular complexity index is 1060. The highest BCUT2D eigenvalue weighted by atomic mass is 35.5. The van der Waals surface area contributed by atoms with Crippen LogP contribution in [-0.4, -0.2) is 15.5 Å². The molecule has 0 radical (unpaired) electrons. The van der Waals surface area contributed by atoms with Crippen LogP contribution >= 0.6 is 34.8 Å². The largest absolute Gasteiger partial charge is 0.325 e. The zero-order valence-electron chi connectivity index (χ0n) is 12.6. The Hall–Kier alpha value is -2.34. The predicted molar refractivity (Wildman–Crippen MR) is 102 cm³/mol. The number of benzene rings is 2. The lowest BCUT2D eigenvalue weighted by molar-refractivity contribution is 0.0967. The maximum absolute atomic E-state index is 12.7. The van der Waals surface area contributed by atoms with E-state index in [-0.39, 0.29) is 11.3 Å². The van der Waals surface area contributed by atoms with E-state index in [4.69, 9.17) is 34.8 Å². The van der Waals surface area contributed by atoms with Crippen molar-refractivity contribution >= 4 is 63.2 Å². The molecule has 126 valence electrons. The molecule has 3 rings (SSSR count). The second kappa shape index (κ2) is 6.88. The predicted octanol–water partition coefficient (Wildman–Crippen LogP) is 4.93. The Morgan fingerprint density at radius 1 is 1.08 bits per heavy atom. The van der Waals surface area contributed by atoms with Crippen molar-refractivity contribution in [2.75, 3.05) is 5.32 Å². The summed E-state index contributed by atoms with van der Waals surface area (Å²) in [5, 5.41) is 4.35. The zero-order valence-corrected chi connectivity index (χ0v) is 14.9. The van der Waals surface area contributed by atoms with E-state index >= 15 is 0 Å². The maximum atomic E-state index is 12.7. The van der Waals surface area contributed by atoms with Crippen molar-refractivity contribution in [3.63, 3.8) is 0 Å². The van der Waals surface area contributed by atoms with Crippen molar-refractivity contribution < 1.29 is 4.79 Å². The third-order valence-corrected chi connectivity index (χ3v) is 4.02. The highest BCUT2D eigenvalue weighted by Gasteiger charge is 2.16. The molecule has 8 heteroatoms. The van der Waals surface area contributed by atoms with Crippen molar-refractivity contribution in [1.82, 2.24) is 9.55 Å². The number of hydrogen-bond acceptors (Lipinski definition) is 4. The molecule has 1 heterocycles. The third-order valence-electron chi connectivity index (χ3n) is 3.35. The Balaban J connectivity index is 2.25. The lowest BCUT2D eigenvalue weighted by Crippen LogP contribution is -2.28. The fraction of sp³-hybridized carbons (Fsp3) is 0. The first-order valence-electron chi connectivity index (χ1n) is 7.01. The topological polar surface area (TPSA) is 64.0 Å². The number of carbonyl (C=O) groups excluding carboxylic acids is 1. The molecule has 0 aliphatic heterocycles. The van der Waals surface area contributed by atoms with Gasteiger partial charge in [-0.1, -0.05) is 41.4 Å². The molecule has 3 aromatic rings. The molecule has 1 aromatic heterocycles. The Morgan fingerprint density at radius 2 is 1.76 bits per heavy atom. The van der Waals surface area contributed by atoms with Gasteiger partial charge in [0.25, 0.3) is 11.5 Å². The number of anilines is 2. The van der Waals surface area contributed by atoms with Crippen LogP contribution in [-0.2, 0) is 0 Å². The summed E-state index contributed by atoms with van der Waals surface area (Å²) >= 11 is 17.9. The molecule has 2 aromatic carbocycles. The van der Waals surface area contributed by atoms with E-state index < -0.39 is 11.5 Å². The number of allylic oxidation sites excluding steroid dienone is 1. The van der Waals surface area contributed by atoms with Gasteiger partial charge in [0.2, 0.25) is 5.95 Å². The van der Waals surface area contributed by atoms with Gasteiger partial charge in [0, 0.05) is 20.8 Å². The molecule has 0 aliphatic carbocycles. The molecule has 0 bridgehead atoms. The lowest BCUT2D eigenvalue weighted by atomic mass is 10.2. The van der Waals surface area contributed by atoms with Crippen LogP contribution in [0, 0.1) is 0 Å². The minimum Gasteiger partial charge on any atom is -0.325 e. The maximum Gasteiger partial charge on any atom is 0.269 e. The first-order chi connectivity index (χ1) is 11.9. The SMILES string of the molecule is C=CC(=O)n1c(Nc2cc(Cl)cc(Cl)c2)nc2cc(Cl)ccc2c1=O. The molecular formula is C17H10Cl3N3O2. The van der Waals surface area contributed by atoms with Crippen LogP contribution in [0.3, 0.4) is 0 Å². The Morgan fingerprint density at radius 3 is 2.40 bits per heavy atom. The van der Waals surface area contributed by atoms with Crippen LogP contribution in [0.2, 0.25) is 15.1 Å². The van der Waals surface area contributed by atoms with Gasteiger partial charge >= 0.3 is 0 Å². The standard InChI is InChI=1S/C17H10Cl3N3O2/c1-2-15(24)23-16(25)13-4-3-9(18)8-14(13)22-17(23)21-12-6-10(19)5-11(20)7-12/h2-8H,1H2,(H,21,22). The molecule has 1 N–H and O–H groups in total. The van der Waals surface area contributed by atoms with Gasteiger partial charge in [-0.3, -0.25) is 9.59 Å². The third kappa shape index (κ3) is 3.54. The lowest BCUT2D eigenvalue weighted by Gasteiger charge is -2.13. The van der Waals surface area contributed by atoms with E-state index in [9.17, 15) is 9.59 Å². The average Bonchev–Trinajstić information content (AvgIpc) is 2.53. The van der Waals surface area contributed by atoms with E-state index in [1.165, 1.54) is 12.1 Å². The van der Waals surface area contributed by atoms with Crippen LogP contribution in [0.15, 0.2) is 53.8 Å². The summed E-state index contributed by atoms with van der Waals surface area (Å²) in [6.45, 7) is 3.42. The molecule has 0 aliphatic rings. The minimum absolute atomic E-state index is 0.00278. The van der Waals surface area contributed by atoms with Gasteiger partial charge in [-0.15, -0.1) is 0 Å². The van der Waals surface area contributed by atoms with Crippen LogP contribution in [0.25, 0.3) is 10.9 Å². The molecule has 25 heavy (non-hydrogen) atoms. The smallest absolute Gasteiger partial charge is 0.269 e. The van der Waals surface area contributed by atoms with Gasteiger partial charge in [-0.05, 0) is 42.5 Å². The van der Waals surface area contributed by atoms with Gasteiger partial charge in [0.15, 0.2) is 0 Å². The number of halogens is 3. The summed E-state index contributed by atoms with van der Waals surface area (Å²) in [5.41, 5.74) is 0.278. The summed E-state index contributed by atoms with van der Waals surface area (Å²) in [6, 6.07) is 9.34. The van der Waals surface area contributed by atoms with Gasteiger partial charge in [-0.2, -0.15) is 0 Å². The van der Waals surface area contributed by atoms with Crippen molar-refractivity contribution in [2.24, 2.45) is 0 Å². The average molecular weight is 395 g/mol. The highest BCUT2D eigenvalue weighted by molar-refractivity contribution is 6.35. The summed E-state index contributed by atoms with van der Waals surface area (Å²) in [5.74, 6) is -0.618. The first-order valence-corrected chi connectivity index (χ1v) is 8.14. The number of nitrogens with zero attached hydrogens (tertiary/aromatic N) is 2. The molecule has 0 spiro atoms. The number of carbonyl (C=O) groups is 1.